The monoisotopic (exact) mass is 446 g/mol. The van der Waals surface area contributed by atoms with E-state index in [9.17, 15) is 13.2 Å². The second-order valence-corrected chi connectivity index (χ2v) is 9.13. The highest BCUT2D eigenvalue weighted by atomic mass is 32.2. The van der Waals surface area contributed by atoms with E-state index < -0.39 is 15.9 Å². The van der Waals surface area contributed by atoms with Gasteiger partial charge in [-0.3, -0.25) is 10.1 Å². The molecule has 0 spiro atoms. The quantitative estimate of drug-likeness (QED) is 0.537. The highest BCUT2D eigenvalue weighted by Gasteiger charge is 2.23. The first kappa shape index (κ1) is 22.0. The van der Waals surface area contributed by atoms with Gasteiger partial charge in [0, 0.05) is 18.7 Å². The minimum Gasteiger partial charge on any atom is -0.407 e. The molecule has 0 unspecified atom stereocenters. The SMILES string of the molecule is CCN(Cc1ccccc1)S(=O)(=O)c1ccc(C(=O)Nc2nnc(CSC)o2)cc1. The molecule has 3 rings (SSSR count). The maximum atomic E-state index is 13.0. The zero-order chi connectivity index (χ0) is 21.6. The smallest absolute Gasteiger partial charge is 0.322 e. The van der Waals surface area contributed by atoms with Crippen molar-refractivity contribution in [2.24, 2.45) is 0 Å². The first-order chi connectivity index (χ1) is 14.4. The Hall–Kier alpha value is -2.69. The van der Waals surface area contributed by atoms with Gasteiger partial charge in [-0.15, -0.1) is 5.10 Å². The summed E-state index contributed by atoms with van der Waals surface area (Å²) in [7, 11) is -3.70. The Morgan fingerprint density at radius 3 is 2.43 bits per heavy atom. The Morgan fingerprint density at radius 2 is 1.80 bits per heavy atom. The summed E-state index contributed by atoms with van der Waals surface area (Å²) < 4.78 is 32.7. The number of benzene rings is 2. The molecule has 0 fully saturated rings. The number of amides is 1. The molecule has 1 aromatic heterocycles. The van der Waals surface area contributed by atoms with Crippen molar-refractivity contribution in [2.75, 3.05) is 18.1 Å². The third kappa shape index (κ3) is 5.26. The number of nitrogens with zero attached hydrogens (tertiary/aromatic N) is 3. The fourth-order valence-corrected chi connectivity index (χ4v) is 4.54. The molecule has 0 aliphatic rings. The summed E-state index contributed by atoms with van der Waals surface area (Å²) in [5.74, 6) is 0.499. The van der Waals surface area contributed by atoms with E-state index >= 15 is 0 Å². The minimum atomic E-state index is -3.70. The van der Waals surface area contributed by atoms with Gasteiger partial charge in [0.2, 0.25) is 15.9 Å². The summed E-state index contributed by atoms with van der Waals surface area (Å²) >= 11 is 1.52. The van der Waals surface area contributed by atoms with Gasteiger partial charge in [0.25, 0.3) is 5.91 Å². The Labute approximate surface area is 179 Å². The van der Waals surface area contributed by atoms with Crippen molar-refractivity contribution in [3.8, 4) is 0 Å². The van der Waals surface area contributed by atoms with Crippen LogP contribution in [0.3, 0.4) is 0 Å². The molecule has 0 radical (unpaired) electrons. The van der Waals surface area contributed by atoms with Gasteiger partial charge in [-0.1, -0.05) is 42.4 Å². The largest absolute Gasteiger partial charge is 0.407 e. The number of hydrogen-bond donors (Lipinski definition) is 1. The van der Waals surface area contributed by atoms with Crippen molar-refractivity contribution in [3.63, 3.8) is 0 Å². The summed E-state index contributed by atoms with van der Waals surface area (Å²) in [5.41, 5.74) is 1.18. The number of sulfonamides is 1. The van der Waals surface area contributed by atoms with Crippen molar-refractivity contribution < 1.29 is 17.6 Å². The topological polar surface area (TPSA) is 105 Å². The first-order valence-electron chi connectivity index (χ1n) is 9.21. The average Bonchev–Trinajstić information content (AvgIpc) is 3.19. The van der Waals surface area contributed by atoms with Crippen LogP contribution in [0.4, 0.5) is 6.01 Å². The van der Waals surface area contributed by atoms with Crippen molar-refractivity contribution in [2.45, 2.75) is 24.1 Å². The summed E-state index contributed by atoms with van der Waals surface area (Å²) in [4.78, 5) is 12.5. The number of hydrogen-bond acceptors (Lipinski definition) is 7. The molecule has 0 aliphatic heterocycles. The van der Waals surface area contributed by atoms with Crippen molar-refractivity contribution in [1.29, 1.82) is 0 Å². The molecule has 0 aliphatic carbocycles. The Bertz CT molecular complexity index is 1080. The van der Waals surface area contributed by atoms with Gasteiger partial charge in [-0.05, 0) is 36.1 Å². The lowest BCUT2D eigenvalue weighted by Gasteiger charge is -2.20. The molecule has 1 heterocycles. The average molecular weight is 447 g/mol. The van der Waals surface area contributed by atoms with Crippen LogP contribution in [-0.2, 0) is 22.3 Å². The van der Waals surface area contributed by atoms with Crippen LogP contribution in [0.2, 0.25) is 0 Å². The van der Waals surface area contributed by atoms with Crippen molar-refractivity contribution in [3.05, 3.63) is 71.6 Å². The van der Waals surface area contributed by atoms with E-state index in [1.807, 2.05) is 36.6 Å². The van der Waals surface area contributed by atoms with Gasteiger partial charge in [0.05, 0.1) is 10.6 Å². The molecule has 0 saturated carbocycles. The molecule has 10 heteroatoms. The number of nitrogens with one attached hydrogen (secondary N) is 1. The number of carbonyl (C=O) groups is 1. The summed E-state index contributed by atoms with van der Waals surface area (Å²) in [6.45, 7) is 2.39. The molecule has 1 N–H and O–H groups in total. The van der Waals surface area contributed by atoms with E-state index in [1.165, 1.54) is 40.3 Å². The molecule has 0 saturated heterocycles. The van der Waals surface area contributed by atoms with Crippen LogP contribution in [0.15, 0.2) is 63.9 Å². The summed E-state index contributed by atoms with van der Waals surface area (Å²) in [6.07, 6.45) is 1.90. The molecule has 30 heavy (non-hydrogen) atoms. The second kappa shape index (κ2) is 9.88. The predicted molar refractivity (Wildman–Crippen MR) is 116 cm³/mol. The van der Waals surface area contributed by atoms with Gasteiger partial charge >= 0.3 is 6.01 Å². The zero-order valence-corrected chi connectivity index (χ0v) is 18.2. The summed E-state index contributed by atoms with van der Waals surface area (Å²) in [6, 6.07) is 15.1. The van der Waals surface area contributed by atoms with Gasteiger partial charge < -0.3 is 4.42 Å². The number of anilines is 1. The van der Waals surface area contributed by atoms with Crippen LogP contribution < -0.4 is 5.32 Å². The molecule has 3 aromatic rings. The maximum Gasteiger partial charge on any atom is 0.322 e. The Morgan fingerprint density at radius 1 is 1.10 bits per heavy atom. The molecule has 2 aromatic carbocycles. The normalized spacial score (nSPS) is 11.6. The zero-order valence-electron chi connectivity index (χ0n) is 16.6. The lowest BCUT2D eigenvalue weighted by atomic mass is 10.2. The third-order valence-corrected chi connectivity index (χ3v) is 6.73. The molecule has 0 bridgehead atoms. The Balaban J connectivity index is 1.71. The number of rotatable bonds is 9. The highest BCUT2D eigenvalue weighted by molar-refractivity contribution is 7.97. The first-order valence-corrected chi connectivity index (χ1v) is 12.0. The minimum absolute atomic E-state index is 0.000710. The van der Waals surface area contributed by atoms with Crippen LogP contribution in [0.25, 0.3) is 0 Å². The lowest BCUT2D eigenvalue weighted by Crippen LogP contribution is -2.30. The second-order valence-electron chi connectivity index (χ2n) is 6.33. The molecular weight excluding hydrogens is 424 g/mol. The van der Waals surface area contributed by atoms with Gasteiger partial charge in [0.1, 0.15) is 0 Å². The fraction of sp³-hybridized carbons (Fsp3) is 0.250. The van der Waals surface area contributed by atoms with E-state index in [1.54, 1.807) is 6.92 Å². The molecule has 1 amide bonds. The van der Waals surface area contributed by atoms with E-state index in [0.717, 1.165) is 5.56 Å². The van der Waals surface area contributed by atoms with E-state index in [-0.39, 0.29) is 23.0 Å². The molecule has 158 valence electrons. The van der Waals surface area contributed by atoms with Gasteiger partial charge in [-0.25, -0.2) is 8.42 Å². The fourth-order valence-electron chi connectivity index (χ4n) is 2.74. The van der Waals surface area contributed by atoms with E-state index in [4.69, 9.17) is 4.42 Å². The predicted octanol–water partition coefficient (Wildman–Crippen LogP) is 3.40. The van der Waals surface area contributed by atoms with Crippen molar-refractivity contribution >= 4 is 33.7 Å². The Kier molecular flexibility index (Phi) is 7.24. The number of aromatic nitrogens is 2. The summed E-state index contributed by atoms with van der Waals surface area (Å²) in [5, 5.41) is 10.1. The van der Waals surface area contributed by atoms with Crippen LogP contribution >= 0.6 is 11.8 Å². The standard InChI is InChI=1S/C20H22N4O4S2/c1-3-24(13-15-7-5-4-6-8-15)30(26,27)17-11-9-16(10-12-17)19(25)21-20-23-22-18(28-20)14-29-2/h4-12H,3,13-14H2,1-2H3,(H,21,23,25). The molecule has 8 nitrogen and oxygen atoms in total. The molecular formula is C20H22N4O4S2. The lowest BCUT2D eigenvalue weighted by molar-refractivity contribution is 0.102. The molecule has 0 atom stereocenters. The number of carbonyl (C=O) groups excluding carboxylic acids is 1. The highest BCUT2D eigenvalue weighted by Crippen LogP contribution is 2.19. The maximum absolute atomic E-state index is 13.0. The van der Waals surface area contributed by atoms with Crippen molar-refractivity contribution in [1.82, 2.24) is 14.5 Å². The van der Waals surface area contributed by atoms with Crippen LogP contribution in [-0.4, -0.2) is 41.6 Å². The van der Waals surface area contributed by atoms with Crippen LogP contribution in [0.5, 0.6) is 0 Å². The number of thioether (sulfide) groups is 1. The van der Waals surface area contributed by atoms with Crippen LogP contribution in [0.1, 0.15) is 28.7 Å². The third-order valence-electron chi connectivity index (χ3n) is 4.26. The van der Waals surface area contributed by atoms with Gasteiger partial charge in [-0.2, -0.15) is 16.1 Å². The van der Waals surface area contributed by atoms with Gasteiger partial charge in [0.15, 0.2) is 0 Å². The van der Waals surface area contributed by atoms with E-state index in [2.05, 4.69) is 15.5 Å². The van der Waals surface area contributed by atoms with E-state index in [0.29, 0.717) is 18.2 Å². The van der Waals surface area contributed by atoms with Crippen LogP contribution in [0, 0.1) is 0 Å².